The van der Waals surface area contributed by atoms with Crippen molar-refractivity contribution in [1.82, 2.24) is 9.38 Å². The van der Waals surface area contributed by atoms with Crippen LogP contribution in [0.4, 0.5) is 0 Å². The van der Waals surface area contributed by atoms with Crippen LogP contribution in [0.15, 0.2) is 22.9 Å². The number of aromatic nitrogens is 2. The number of rotatable bonds is 1. The van der Waals surface area contributed by atoms with Crippen LogP contribution in [0.2, 0.25) is 0 Å². The number of halogens is 1. The summed E-state index contributed by atoms with van der Waals surface area (Å²) in [6, 6.07) is 3.57. The molecule has 0 aliphatic heterocycles. The van der Waals surface area contributed by atoms with Crippen LogP contribution in [-0.2, 0) is 0 Å². The molecule has 0 amide bonds. The van der Waals surface area contributed by atoms with E-state index < -0.39 is 0 Å². The maximum absolute atomic E-state index is 10.7. The molecule has 2 aromatic rings. The highest BCUT2D eigenvalue weighted by Crippen LogP contribution is 2.19. The summed E-state index contributed by atoms with van der Waals surface area (Å²) in [7, 11) is 0. The zero-order valence-electron chi connectivity index (χ0n) is 6.99. The molecule has 13 heavy (non-hydrogen) atoms. The van der Waals surface area contributed by atoms with Crippen molar-refractivity contribution in [2.75, 3.05) is 0 Å². The van der Waals surface area contributed by atoms with E-state index in [-0.39, 0.29) is 0 Å². The van der Waals surface area contributed by atoms with E-state index in [1.807, 2.05) is 23.6 Å². The first-order chi connectivity index (χ1) is 6.24. The van der Waals surface area contributed by atoms with Gasteiger partial charge < -0.3 is 0 Å². The van der Waals surface area contributed by atoms with Gasteiger partial charge in [0.2, 0.25) is 0 Å². The number of hydrogen-bond donors (Lipinski definition) is 0. The second-order valence-corrected chi connectivity index (χ2v) is 3.51. The number of imidazole rings is 1. The average molecular weight is 239 g/mol. The quantitative estimate of drug-likeness (QED) is 0.715. The molecule has 3 nitrogen and oxygen atoms in total. The first kappa shape index (κ1) is 8.44. The van der Waals surface area contributed by atoms with Gasteiger partial charge >= 0.3 is 0 Å². The number of nitrogens with zero attached hydrogens (tertiary/aromatic N) is 2. The van der Waals surface area contributed by atoms with Crippen molar-refractivity contribution in [3.05, 3.63) is 34.2 Å². The molecule has 0 fully saturated rings. The SMILES string of the molecule is Cc1nc2c(C=O)cccn2c1Br. The van der Waals surface area contributed by atoms with Crippen LogP contribution in [0, 0.1) is 6.92 Å². The van der Waals surface area contributed by atoms with E-state index in [0.717, 1.165) is 16.6 Å². The van der Waals surface area contributed by atoms with E-state index in [4.69, 9.17) is 0 Å². The third-order valence-corrected chi connectivity index (χ3v) is 2.86. The molecule has 4 heteroatoms. The highest BCUT2D eigenvalue weighted by Gasteiger charge is 2.07. The number of carbonyl (C=O) groups excluding carboxylic acids is 1. The van der Waals surface area contributed by atoms with Gasteiger partial charge in [-0.15, -0.1) is 0 Å². The molecular formula is C9H7BrN2O. The number of hydrogen-bond acceptors (Lipinski definition) is 2. The average Bonchev–Trinajstić information content (AvgIpc) is 2.43. The smallest absolute Gasteiger partial charge is 0.153 e. The molecule has 0 saturated carbocycles. The van der Waals surface area contributed by atoms with Crippen molar-refractivity contribution in [2.24, 2.45) is 0 Å². The highest BCUT2D eigenvalue weighted by atomic mass is 79.9. The van der Waals surface area contributed by atoms with Crippen molar-refractivity contribution < 1.29 is 4.79 Å². The van der Waals surface area contributed by atoms with Crippen LogP contribution >= 0.6 is 15.9 Å². The largest absolute Gasteiger partial charge is 0.298 e. The molecule has 2 rings (SSSR count). The van der Waals surface area contributed by atoms with Gasteiger partial charge in [0.15, 0.2) is 6.29 Å². The summed E-state index contributed by atoms with van der Waals surface area (Å²) in [5, 5.41) is 0. The Balaban J connectivity index is 2.92. The van der Waals surface area contributed by atoms with Crippen molar-refractivity contribution in [3.8, 4) is 0 Å². The Morgan fingerprint density at radius 3 is 3.08 bits per heavy atom. The monoisotopic (exact) mass is 238 g/mol. The summed E-state index contributed by atoms with van der Waals surface area (Å²) in [6.07, 6.45) is 2.68. The Labute approximate surface area is 83.5 Å². The van der Waals surface area contributed by atoms with Gasteiger partial charge in [0.05, 0.1) is 11.3 Å². The van der Waals surface area contributed by atoms with Gasteiger partial charge in [0.1, 0.15) is 10.3 Å². The molecule has 0 atom stereocenters. The zero-order valence-corrected chi connectivity index (χ0v) is 8.58. The number of carbonyl (C=O) groups is 1. The predicted molar refractivity (Wildman–Crippen MR) is 53.0 cm³/mol. The molecule has 0 aromatic carbocycles. The zero-order chi connectivity index (χ0) is 9.42. The minimum absolute atomic E-state index is 0.608. The van der Waals surface area contributed by atoms with E-state index in [1.54, 1.807) is 6.07 Å². The van der Waals surface area contributed by atoms with Gasteiger partial charge in [-0.1, -0.05) is 0 Å². The second-order valence-electron chi connectivity index (χ2n) is 2.76. The number of fused-ring (bicyclic) bond motifs is 1. The molecule has 0 bridgehead atoms. The van der Waals surface area contributed by atoms with Crippen LogP contribution in [0.1, 0.15) is 16.1 Å². The maximum Gasteiger partial charge on any atom is 0.153 e. The molecule has 0 N–H and O–H groups in total. The highest BCUT2D eigenvalue weighted by molar-refractivity contribution is 9.10. The van der Waals surface area contributed by atoms with E-state index in [1.165, 1.54) is 0 Å². The molecule has 0 aliphatic rings. The fourth-order valence-electron chi connectivity index (χ4n) is 1.27. The summed E-state index contributed by atoms with van der Waals surface area (Å²) >= 11 is 3.40. The van der Waals surface area contributed by atoms with Crippen LogP contribution in [-0.4, -0.2) is 15.7 Å². The Morgan fingerprint density at radius 2 is 2.38 bits per heavy atom. The number of aryl methyl sites for hydroxylation is 1. The Morgan fingerprint density at radius 1 is 1.62 bits per heavy atom. The van der Waals surface area contributed by atoms with Crippen molar-refractivity contribution in [3.63, 3.8) is 0 Å². The lowest BCUT2D eigenvalue weighted by Crippen LogP contribution is -1.89. The van der Waals surface area contributed by atoms with Crippen LogP contribution in [0.25, 0.3) is 5.65 Å². The topological polar surface area (TPSA) is 34.4 Å². The van der Waals surface area contributed by atoms with E-state index in [9.17, 15) is 4.79 Å². The first-order valence-corrected chi connectivity index (χ1v) is 4.61. The van der Waals surface area contributed by atoms with Crippen LogP contribution in [0.5, 0.6) is 0 Å². The van der Waals surface area contributed by atoms with Gasteiger partial charge in [-0.2, -0.15) is 0 Å². The number of pyridine rings is 1. The Hall–Kier alpha value is -1.16. The molecule has 0 radical (unpaired) electrons. The second kappa shape index (κ2) is 2.96. The van der Waals surface area contributed by atoms with Crippen LogP contribution < -0.4 is 0 Å². The molecule has 66 valence electrons. The number of aldehydes is 1. The Bertz CT molecular complexity index is 476. The third-order valence-electron chi connectivity index (χ3n) is 1.91. The van der Waals surface area contributed by atoms with E-state index in [2.05, 4.69) is 20.9 Å². The molecule has 0 saturated heterocycles. The van der Waals surface area contributed by atoms with E-state index >= 15 is 0 Å². The van der Waals surface area contributed by atoms with Gasteiger partial charge in [-0.25, -0.2) is 4.98 Å². The van der Waals surface area contributed by atoms with Crippen molar-refractivity contribution in [2.45, 2.75) is 6.92 Å². The standard InChI is InChI=1S/C9H7BrN2O/c1-6-8(10)12-4-2-3-7(5-13)9(12)11-6/h2-5H,1H3. The minimum Gasteiger partial charge on any atom is -0.298 e. The summed E-state index contributed by atoms with van der Waals surface area (Å²) in [6.45, 7) is 1.89. The summed E-state index contributed by atoms with van der Waals surface area (Å²) in [5.74, 6) is 0. The van der Waals surface area contributed by atoms with Gasteiger partial charge in [0, 0.05) is 6.20 Å². The normalized spacial score (nSPS) is 10.6. The van der Waals surface area contributed by atoms with Gasteiger partial charge in [-0.05, 0) is 35.0 Å². The Kier molecular flexibility index (Phi) is 1.92. The summed E-state index contributed by atoms with van der Waals surface area (Å²) < 4.78 is 2.74. The first-order valence-electron chi connectivity index (χ1n) is 3.82. The van der Waals surface area contributed by atoms with Crippen LogP contribution in [0.3, 0.4) is 0 Å². The molecule has 2 heterocycles. The third kappa shape index (κ3) is 1.18. The summed E-state index contributed by atoms with van der Waals surface area (Å²) in [5.41, 5.74) is 2.19. The van der Waals surface area contributed by atoms with E-state index in [0.29, 0.717) is 11.2 Å². The lowest BCUT2D eigenvalue weighted by molar-refractivity contribution is 0.112. The lowest BCUT2D eigenvalue weighted by Gasteiger charge is -1.95. The molecule has 2 aromatic heterocycles. The van der Waals surface area contributed by atoms with Gasteiger partial charge in [-0.3, -0.25) is 9.20 Å². The molecule has 0 unspecified atom stereocenters. The predicted octanol–water partition coefficient (Wildman–Crippen LogP) is 2.22. The van der Waals surface area contributed by atoms with Gasteiger partial charge in [0.25, 0.3) is 0 Å². The minimum atomic E-state index is 0.608. The fourth-order valence-corrected chi connectivity index (χ4v) is 1.64. The summed E-state index contributed by atoms with van der Waals surface area (Å²) in [4.78, 5) is 14.9. The van der Waals surface area contributed by atoms with Crippen molar-refractivity contribution >= 4 is 27.9 Å². The maximum atomic E-state index is 10.7. The molecule has 0 spiro atoms. The fraction of sp³-hybridized carbons (Fsp3) is 0.111. The van der Waals surface area contributed by atoms with Crippen molar-refractivity contribution in [1.29, 1.82) is 0 Å². The molecular weight excluding hydrogens is 232 g/mol. The lowest BCUT2D eigenvalue weighted by atomic mass is 10.3. The molecule has 0 aliphatic carbocycles.